The van der Waals surface area contributed by atoms with Gasteiger partial charge in [-0.2, -0.15) is 0 Å². The fourth-order valence-electron chi connectivity index (χ4n) is 2.57. The van der Waals surface area contributed by atoms with Crippen LogP contribution in [0.1, 0.15) is 6.92 Å². The number of ether oxygens (including phenoxy) is 1. The lowest BCUT2D eigenvalue weighted by Crippen LogP contribution is -2.51. The number of imidazole rings is 1. The van der Waals surface area contributed by atoms with Crippen LogP contribution in [0.2, 0.25) is 0 Å². The highest BCUT2D eigenvalue weighted by molar-refractivity contribution is 7.99. The highest BCUT2D eigenvalue weighted by Gasteiger charge is 2.25. The first-order valence-electron chi connectivity index (χ1n) is 8.41. The Morgan fingerprint density at radius 1 is 1.23 bits per heavy atom. The molecule has 138 valence electrons. The van der Waals surface area contributed by atoms with Crippen molar-refractivity contribution in [2.75, 3.05) is 38.1 Å². The third-order valence-corrected chi connectivity index (χ3v) is 4.89. The van der Waals surface area contributed by atoms with Crippen molar-refractivity contribution in [2.45, 2.75) is 17.0 Å². The van der Waals surface area contributed by atoms with Crippen molar-refractivity contribution >= 4 is 29.6 Å². The van der Waals surface area contributed by atoms with Gasteiger partial charge < -0.3 is 24.8 Å². The summed E-state index contributed by atoms with van der Waals surface area (Å²) in [5, 5.41) is 3.71. The number of anilines is 1. The summed E-state index contributed by atoms with van der Waals surface area (Å²) in [4.78, 5) is 35.8. The summed E-state index contributed by atoms with van der Waals surface area (Å²) >= 11 is 1.45. The number of amides is 3. The molecule has 8 nitrogen and oxygen atoms in total. The molecule has 2 heterocycles. The normalized spacial score (nSPS) is 14.2. The number of carbonyl (C=O) groups excluding carboxylic acids is 2. The average molecular weight is 375 g/mol. The minimum Gasteiger partial charge on any atom is -0.450 e. The van der Waals surface area contributed by atoms with Gasteiger partial charge in [-0.25, -0.2) is 14.6 Å². The van der Waals surface area contributed by atoms with Crippen molar-refractivity contribution in [3.05, 3.63) is 36.7 Å². The molecule has 0 radical (unpaired) electrons. The van der Waals surface area contributed by atoms with E-state index in [0.717, 1.165) is 15.7 Å². The Kier molecular flexibility index (Phi) is 6.00. The number of rotatable bonds is 4. The number of para-hydroxylation sites is 1. The molecule has 2 N–H and O–H groups in total. The Hall–Kier alpha value is -2.68. The molecular weight excluding hydrogens is 354 g/mol. The Bertz CT molecular complexity index is 745. The fraction of sp³-hybridized carbons (Fsp3) is 0.353. The van der Waals surface area contributed by atoms with Gasteiger partial charge >= 0.3 is 12.1 Å². The molecule has 1 aliphatic heterocycles. The number of urea groups is 1. The van der Waals surface area contributed by atoms with E-state index in [1.165, 1.54) is 11.8 Å². The Morgan fingerprint density at radius 2 is 1.96 bits per heavy atom. The topological polar surface area (TPSA) is 90.6 Å². The van der Waals surface area contributed by atoms with Gasteiger partial charge in [0.1, 0.15) is 0 Å². The maximum atomic E-state index is 12.6. The van der Waals surface area contributed by atoms with Gasteiger partial charge in [-0.05, 0) is 30.8 Å². The SMILES string of the molecule is CCOC(=O)N1CCN(C(=O)Nc2ccccc2Sc2ncc[nH]2)CC1. The largest absolute Gasteiger partial charge is 0.450 e. The second kappa shape index (κ2) is 8.61. The number of H-pyrrole nitrogens is 1. The minimum absolute atomic E-state index is 0.180. The van der Waals surface area contributed by atoms with Gasteiger partial charge in [-0.1, -0.05) is 12.1 Å². The number of piperazine rings is 1. The Labute approximate surface area is 155 Å². The Balaban J connectivity index is 1.58. The molecule has 1 aliphatic rings. The minimum atomic E-state index is -0.326. The molecule has 3 amide bonds. The third-order valence-electron chi connectivity index (χ3n) is 3.90. The zero-order valence-electron chi connectivity index (χ0n) is 14.5. The smallest absolute Gasteiger partial charge is 0.409 e. The van der Waals surface area contributed by atoms with Crippen molar-refractivity contribution in [1.29, 1.82) is 0 Å². The maximum Gasteiger partial charge on any atom is 0.409 e. The van der Waals surface area contributed by atoms with Crippen molar-refractivity contribution < 1.29 is 14.3 Å². The standard InChI is InChI=1S/C17H21N5O3S/c1-2-25-17(24)22-11-9-21(10-12-22)16(23)20-13-5-3-4-6-14(13)26-15-18-7-8-19-15/h3-8H,2,9-12H2,1H3,(H,18,19)(H,20,23). The van der Waals surface area contributed by atoms with E-state index in [1.807, 2.05) is 24.3 Å². The van der Waals surface area contributed by atoms with Crippen LogP contribution in [0.4, 0.5) is 15.3 Å². The quantitative estimate of drug-likeness (QED) is 0.857. The summed E-state index contributed by atoms with van der Waals surface area (Å²) in [6.07, 6.45) is 3.12. The first-order valence-corrected chi connectivity index (χ1v) is 9.23. The zero-order chi connectivity index (χ0) is 18.4. The molecule has 3 rings (SSSR count). The van der Waals surface area contributed by atoms with E-state index in [1.54, 1.807) is 29.1 Å². The van der Waals surface area contributed by atoms with Crippen LogP contribution in [0.5, 0.6) is 0 Å². The molecule has 0 bridgehead atoms. The van der Waals surface area contributed by atoms with Crippen LogP contribution in [-0.4, -0.2) is 64.7 Å². The fourth-order valence-corrected chi connectivity index (χ4v) is 3.40. The molecule has 0 saturated carbocycles. The van der Waals surface area contributed by atoms with Crippen LogP contribution in [0, 0.1) is 0 Å². The van der Waals surface area contributed by atoms with Crippen LogP contribution in [0.15, 0.2) is 46.7 Å². The van der Waals surface area contributed by atoms with Crippen LogP contribution < -0.4 is 5.32 Å². The number of aromatic nitrogens is 2. The van der Waals surface area contributed by atoms with Crippen molar-refractivity contribution in [1.82, 2.24) is 19.8 Å². The monoisotopic (exact) mass is 375 g/mol. The maximum absolute atomic E-state index is 12.6. The van der Waals surface area contributed by atoms with Crippen LogP contribution in [-0.2, 0) is 4.74 Å². The Morgan fingerprint density at radius 3 is 2.65 bits per heavy atom. The zero-order valence-corrected chi connectivity index (χ0v) is 15.3. The lowest BCUT2D eigenvalue weighted by atomic mass is 10.3. The van der Waals surface area contributed by atoms with Crippen LogP contribution in [0.3, 0.4) is 0 Å². The number of nitrogens with zero attached hydrogens (tertiary/aromatic N) is 3. The molecule has 0 unspecified atom stereocenters. The summed E-state index contributed by atoms with van der Waals surface area (Å²) in [5.74, 6) is 0. The molecule has 26 heavy (non-hydrogen) atoms. The molecule has 1 saturated heterocycles. The van der Waals surface area contributed by atoms with Gasteiger partial charge in [0.05, 0.1) is 12.3 Å². The second-order valence-electron chi connectivity index (χ2n) is 5.60. The third kappa shape index (κ3) is 4.48. The summed E-state index contributed by atoms with van der Waals surface area (Å²) in [5.41, 5.74) is 0.728. The number of hydrogen-bond acceptors (Lipinski definition) is 5. The van der Waals surface area contributed by atoms with Gasteiger partial charge in [0.25, 0.3) is 0 Å². The number of benzene rings is 1. The van der Waals surface area contributed by atoms with Crippen molar-refractivity contribution in [3.63, 3.8) is 0 Å². The number of nitrogens with one attached hydrogen (secondary N) is 2. The van der Waals surface area contributed by atoms with Crippen molar-refractivity contribution in [3.8, 4) is 0 Å². The molecule has 2 aromatic rings. The first-order chi connectivity index (χ1) is 12.7. The number of aromatic amines is 1. The molecular formula is C17H21N5O3S. The molecule has 1 fully saturated rings. The van der Waals surface area contributed by atoms with Gasteiger partial charge in [-0.3, -0.25) is 0 Å². The van der Waals surface area contributed by atoms with Crippen LogP contribution >= 0.6 is 11.8 Å². The molecule has 1 aromatic carbocycles. The van der Waals surface area contributed by atoms with Crippen LogP contribution in [0.25, 0.3) is 0 Å². The lowest BCUT2D eigenvalue weighted by Gasteiger charge is -2.34. The molecule has 0 spiro atoms. The van der Waals surface area contributed by atoms with Gasteiger partial charge in [0.2, 0.25) is 0 Å². The summed E-state index contributed by atoms with van der Waals surface area (Å²) in [6, 6.07) is 7.40. The second-order valence-corrected chi connectivity index (χ2v) is 6.63. The van der Waals surface area contributed by atoms with E-state index in [2.05, 4.69) is 15.3 Å². The van der Waals surface area contributed by atoms with E-state index >= 15 is 0 Å². The van der Waals surface area contributed by atoms with Gasteiger partial charge in [0, 0.05) is 43.5 Å². The average Bonchev–Trinajstić information content (AvgIpc) is 3.17. The summed E-state index contributed by atoms with van der Waals surface area (Å²) in [6.45, 7) is 4.00. The molecule has 0 aliphatic carbocycles. The number of hydrogen-bond donors (Lipinski definition) is 2. The lowest BCUT2D eigenvalue weighted by molar-refractivity contribution is 0.0868. The van der Waals surface area contributed by atoms with E-state index in [0.29, 0.717) is 32.8 Å². The predicted molar refractivity (Wildman–Crippen MR) is 98.3 cm³/mol. The van der Waals surface area contributed by atoms with E-state index in [-0.39, 0.29) is 12.1 Å². The molecule has 9 heteroatoms. The number of carbonyl (C=O) groups is 2. The highest BCUT2D eigenvalue weighted by atomic mass is 32.2. The molecule has 1 aromatic heterocycles. The van der Waals surface area contributed by atoms with Gasteiger partial charge in [-0.15, -0.1) is 0 Å². The molecule has 0 atom stereocenters. The van der Waals surface area contributed by atoms with E-state index in [4.69, 9.17) is 4.74 Å². The first kappa shape index (κ1) is 18.1. The summed E-state index contributed by atoms with van der Waals surface area (Å²) in [7, 11) is 0. The van der Waals surface area contributed by atoms with E-state index < -0.39 is 0 Å². The van der Waals surface area contributed by atoms with Crippen molar-refractivity contribution in [2.24, 2.45) is 0 Å². The predicted octanol–water partition coefficient (Wildman–Crippen LogP) is 2.87. The summed E-state index contributed by atoms with van der Waals surface area (Å²) < 4.78 is 4.99. The highest BCUT2D eigenvalue weighted by Crippen LogP contribution is 2.31. The van der Waals surface area contributed by atoms with E-state index in [9.17, 15) is 9.59 Å². The van der Waals surface area contributed by atoms with Gasteiger partial charge in [0.15, 0.2) is 5.16 Å².